The molecule has 5 nitrogen and oxygen atoms in total. The van der Waals surface area contributed by atoms with Gasteiger partial charge in [0.15, 0.2) is 0 Å². The van der Waals surface area contributed by atoms with Gasteiger partial charge < -0.3 is 20.9 Å². The van der Waals surface area contributed by atoms with Crippen LogP contribution in [0.4, 0.5) is 0 Å². The van der Waals surface area contributed by atoms with Gasteiger partial charge in [-0.15, -0.1) is 0 Å². The number of amides is 1. The van der Waals surface area contributed by atoms with E-state index < -0.39 is 0 Å². The third-order valence-electron chi connectivity index (χ3n) is 2.91. The Morgan fingerprint density at radius 3 is 2.94 bits per heavy atom. The Morgan fingerprint density at radius 1 is 1.62 bits per heavy atom. The van der Waals surface area contributed by atoms with Crippen molar-refractivity contribution in [1.29, 1.82) is 0 Å². The SMILES string of the molecule is CCC(O)CCNC(=O)C1CCC(CN)O1. The van der Waals surface area contributed by atoms with Crippen molar-refractivity contribution in [2.24, 2.45) is 5.73 Å². The molecule has 1 rings (SSSR count). The fraction of sp³-hybridized carbons (Fsp3) is 0.909. The average molecular weight is 230 g/mol. The molecule has 0 bridgehead atoms. The van der Waals surface area contributed by atoms with Gasteiger partial charge in [-0.25, -0.2) is 0 Å². The molecule has 0 spiro atoms. The third kappa shape index (κ3) is 4.08. The molecule has 5 heteroatoms. The largest absolute Gasteiger partial charge is 0.393 e. The Labute approximate surface area is 96.3 Å². The number of aliphatic hydroxyl groups excluding tert-OH is 1. The second-order valence-electron chi connectivity index (χ2n) is 4.20. The lowest BCUT2D eigenvalue weighted by Gasteiger charge is -2.13. The molecule has 0 saturated carbocycles. The summed E-state index contributed by atoms with van der Waals surface area (Å²) < 4.78 is 5.46. The van der Waals surface area contributed by atoms with Crippen LogP contribution in [0.5, 0.6) is 0 Å². The van der Waals surface area contributed by atoms with Crippen molar-refractivity contribution in [3.05, 3.63) is 0 Å². The summed E-state index contributed by atoms with van der Waals surface area (Å²) in [5.74, 6) is -0.0840. The van der Waals surface area contributed by atoms with Crippen LogP contribution < -0.4 is 11.1 Å². The summed E-state index contributed by atoms with van der Waals surface area (Å²) in [6.45, 7) is 2.89. The summed E-state index contributed by atoms with van der Waals surface area (Å²) in [5.41, 5.74) is 5.46. The molecule has 1 saturated heterocycles. The number of rotatable bonds is 6. The van der Waals surface area contributed by atoms with Crippen molar-refractivity contribution < 1.29 is 14.6 Å². The number of nitrogens with two attached hydrogens (primary N) is 1. The molecule has 0 aromatic carbocycles. The highest BCUT2D eigenvalue weighted by molar-refractivity contribution is 5.80. The molecule has 1 aliphatic heterocycles. The van der Waals surface area contributed by atoms with E-state index in [1.807, 2.05) is 6.92 Å². The van der Waals surface area contributed by atoms with E-state index in [1.165, 1.54) is 0 Å². The highest BCUT2D eigenvalue weighted by Crippen LogP contribution is 2.18. The van der Waals surface area contributed by atoms with E-state index in [-0.39, 0.29) is 24.2 Å². The van der Waals surface area contributed by atoms with Crippen molar-refractivity contribution >= 4 is 5.91 Å². The highest BCUT2D eigenvalue weighted by Gasteiger charge is 2.29. The van der Waals surface area contributed by atoms with Gasteiger partial charge in [0.25, 0.3) is 0 Å². The predicted molar refractivity (Wildman–Crippen MR) is 60.9 cm³/mol. The van der Waals surface area contributed by atoms with Crippen LogP contribution in [-0.2, 0) is 9.53 Å². The van der Waals surface area contributed by atoms with Gasteiger partial charge in [0.1, 0.15) is 6.10 Å². The minimum Gasteiger partial charge on any atom is -0.393 e. The molecule has 3 atom stereocenters. The number of ether oxygens (including phenoxy) is 1. The molecular formula is C11H22N2O3. The van der Waals surface area contributed by atoms with Crippen LogP contribution in [0, 0.1) is 0 Å². The monoisotopic (exact) mass is 230 g/mol. The van der Waals surface area contributed by atoms with Gasteiger partial charge in [0, 0.05) is 13.1 Å². The summed E-state index contributed by atoms with van der Waals surface area (Å²) in [5, 5.41) is 12.1. The Morgan fingerprint density at radius 2 is 2.38 bits per heavy atom. The first-order valence-electron chi connectivity index (χ1n) is 5.98. The lowest BCUT2D eigenvalue weighted by atomic mass is 10.2. The molecule has 16 heavy (non-hydrogen) atoms. The number of nitrogens with one attached hydrogen (secondary N) is 1. The lowest BCUT2D eigenvalue weighted by molar-refractivity contribution is -0.131. The maximum atomic E-state index is 11.6. The van der Waals surface area contributed by atoms with Gasteiger partial charge in [-0.1, -0.05) is 6.92 Å². The highest BCUT2D eigenvalue weighted by atomic mass is 16.5. The standard InChI is InChI=1S/C11H22N2O3/c1-2-8(14)5-6-13-11(15)10-4-3-9(7-12)16-10/h8-10,14H,2-7,12H2,1H3,(H,13,15). The molecule has 4 N–H and O–H groups in total. The van der Waals surface area contributed by atoms with E-state index in [2.05, 4.69) is 5.32 Å². The first kappa shape index (κ1) is 13.4. The fourth-order valence-electron chi connectivity index (χ4n) is 1.75. The minimum atomic E-state index is -0.354. The number of hydrogen-bond donors (Lipinski definition) is 3. The Bertz CT molecular complexity index is 223. The maximum Gasteiger partial charge on any atom is 0.249 e. The van der Waals surface area contributed by atoms with Crippen molar-refractivity contribution in [2.45, 2.75) is 50.9 Å². The van der Waals surface area contributed by atoms with Gasteiger partial charge in [-0.2, -0.15) is 0 Å². The molecule has 1 fully saturated rings. The van der Waals surface area contributed by atoms with Gasteiger partial charge in [0.2, 0.25) is 5.91 Å². The molecule has 0 aliphatic carbocycles. The van der Waals surface area contributed by atoms with E-state index >= 15 is 0 Å². The van der Waals surface area contributed by atoms with Crippen molar-refractivity contribution in [3.8, 4) is 0 Å². The van der Waals surface area contributed by atoms with Crippen LogP contribution in [0.3, 0.4) is 0 Å². The van der Waals surface area contributed by atoms with Crippen molar-refractivity contribution in [2.75, 3.05) is 13.1 Å². The molecule has 0 aromatic heterocycles. The van der Waals surface area contributed by atoms with Crippen LogP contribution in [0.25, 0.3) is 0 Å². The normalized spacial score (nSPS) is 26.7. The number of carbonyl (C=O) groups is 1. The van der Waals surface area contributed by atoms with Crippen molar-refractivity contribution in [3.63, 3.8) is 0 Å². The fourth-order valence-corrected chi connectivity index (χ4v) is 1.75. The molecule has 1 amide bonds. The lowest BCUT2D eigenvalue weighted by Crippen LogP contribution is -2.36. The Balaban J connectivity index is 2.16. The summed E-state index contributed by atoms with van der Waals surface area (Å²) in [6, 6.07) is 0. The van der Waals surface area contributed by atoms with Crippen LogP contribution in [-0.4, -0.2) is 42.4 Å². The summed E-state index contributed by atoms with van der Waals surface area (Å²) in [7, 11) is 0. The summed E-state index contributed by atoms with van der Waals surface area (Å²) in [6.07, 6.45) is 2.24. The quantitative estimate of drug-likeness (QED) is 0.588. The van der Waals surface area contributed by atoms with E-state index in [4.69, 9.17) is 10.5 Å². The zero-order valence-corrected chi connectivity index (χ0v) is 9.82. The Hall–Kier alpha value is -0.650. The second-order valence-corrected chi connectivity index (χ2v) is 4.20. The summed E-state index contributed by atoms with van der Waals surface area (Å²) >= 11 is 0. The molecule has 94 valence electrons. The molecule has 0 aromatic rings. The first-order chi connectivity index (χ1) is 7.67. The molecule has 0 radical (unpaired) electrons. The number of hydrogen-bond acceptors (Lipinski definition) is 4. The third-order valence-corrected chi connectivity index (χ3v) is 2.91. The van der Waals surface area contributed by atoms with Gasteiger partial charge >= 0.3 is 0 Å². The average Bonchev–Trinajstić information content (AvgIpc) is 2.77. The van der Waals surface area contributed by atoms with E-state index in [0.717, 1.165) is 12.8 Å². The van der Waals surface area contributed by atoms with E-state index in [0.29, 0.717) is 25.9 Å². The smallest absolute Gasteiger partial charge is 0.249 e. The molecule has 3 unspecified atom stereocenters. The zero-order valence-electron chi connectivity index (χ0n) is 9.82. The van der Waals surface area contributed by atoms with Crippen LogP contribution in [0.15, 0.2) is 0 Å². The van der Waals surface area contributed by atoms with Gasteiger partial charge in [0.05, 0.1) is 12.2 Å². The van der Waals surface area contributed by atoms with Crippen LogP contribution in [0.2, 0.25) is 0 Å². The van der Waals surface area contributed by atoms with Crippen molar-refractivity contribution in [1.82, 2.24) is 5.32 Å². The van der Waals surface area contributed by atoms with Gasteiger partial charge in [-0.3, -0.25) is 4.79 Å². The maximum absolute atomic E-state index is 11.6. The van der Waals surface area contributed by atoms with Gasteiger partial charge in [-0.05, 0) is 25.7 Å². The van der Waals surface area contributed by atoms with E-state index in [9.17, 15) is 9.90 Å². The predicted octanol–water partition coefficient (Wildman–Crippen LogP) is -0.230. The Kier molecular flexibility index (Phi) is 5.73. The summed E-state index contributed by atoms with van der Waals surface area (Å²) in [4.78, 5) is 11.6. The minimum absolute atomic E-state index is 0.0250. The van der Waals surface area contributed by atoms with Crippen LogP contribution in [0.1, 0.15) is 32.6 Å². The van der Waals surface area contributed by atoms with E-state index in [1.54, 1.807) is 0 Å². The number of aliphatic hydroxyl groups is 1. The molecule has 1 heterocycles. The first-order valence-corrected chi connectivity index (χ1v) is 5.98. The second kappa shape index (κ2) is 6.83. The number of carbonyl (C=O) groups excluding carboxylic acids is 1. The molecular weight excluding hydrogens is 208 g/mol. The molecule has 1 aliphatic rings. The zero-order chi connectivity index (χ0) is 12.0. The van der Waals surface area contributed by atoms with Crippen LogP contribution >= 0.6 is 0 Å². The topological polar surface area (TPSA) is 84.6 Å².